The highest BCUT2D eigenvalue weighted by molar-refractivity contribution is 5.87. The zero-order valence-corrected chi connectivity index (χ0v) is 23.3. The van der Waals surface area contributed by atoms with Crippen LogP contribution >= 0.6 is 0 Å². The summed E-state index contributed by atoms with van der Waals surface area (Å²) in [6.07, 6.45) is -0.00212. The van der Waals surface area contributed by atoms with Gasteiger partial charge in [0.05, 0.1) is 24.7 Å². The molecule has 2 saturated heterocycles. The summed E-state index contributed by atoms with van der Waals surface area (Å²) in [6, 6.07) is 3.81. The zero-order chi connectivity index (χ0) is 27.9. The standard InChI is InChI=1S/C29H37NO9/c1-15(2)14-35-25(31)22-23(39-27(3,4)38-22)26(32)36-18-9-10-29(33)19-13-16-7-8-17(34-6)21-20(16)28(29,24(18)37-21)11-12-30(19)5/h7-9,15,19,22-24,33H,10-14H2,1-6H3/t19-,22-,23-,24+,28+,29-/m1/s1. The number of hydrogen-bond acceptors (Lipinski definition) is 10. The molecule has 10 heteroatoms. The Morgan fingerprint density at radius 2 is 1.90 bits per heavy atom. The Kier molecular flexibility index (Phi) is 6.08. The smallest absolute Gasteiger partial charge is 0.343 e. The summed E-state index contributed by atoms with van der Waals surface area (Å²) in [6.45, 7) is 8.05. The third-order valence-corrected chi connectivity index (χ3v) is 8.90. The van der Waals surface area contributed by atoms with Crippen molar-refractivity contribution in [2.24, 2.45) is 5.92 Å². The summed E-state index contributed by atoms with van der Waals surface area (Å²) >= 11 is 0. The topological polar surface area (TPSA) is 113 Å². The Morgan fingerprint density at radius 1 is 1.18 bits per heavy atom. The normalized spacial score (nSPS) is 35.6. The minimum absolute atomic E-state index is 0.120. The van der Waals surface area contributed by atoms with Crippen LogP contribution in [0.25, 0.3) is 0 Å². The van der Waals surface area contributed by atoms with E-state index in [9.17, 15) is 14.7 Å². The fraction of sp³-hybridized carbons (Fsp3) is 0.655. The van der Waals surface area contributed by atoms with Crippen molar-refractivity contribution in [2.75, 3.05) is 27.3 Å². The maximum absolute atomic E-state index is 13.6. The average molecular weight is 544 g/mol. The van der Waals surface area contributed by atoms with Crippen LogP contribution in [-0.2, 0) is 40.4 Å². The molecule has 39 heavy (non-hydrogen) atoms. The highest BCUT2D eigenvalue weighted by Crippen LogP contribution is 2.65. The van der Waals surface area contributed by atoms with Gasteiger partial charge >= 0.3 is 11.9 Å². The van der Waals surface area contributed by atoms with Crippen LogP contribution in [-0.4, -0.2) is 85.0 Å². The maximum Gasteiger partial charge on any atom is 0.343 e. The second-order valence-electron chi connectivity index (χ2n) is 12.2. The fourth-order valence-corrected chi connectivity index (χ4v) is 7.20. The van der Waals surface area contributed by atoms with Crippen molar-refractivity contribution in [1.82, 2.24) is 4.90 Å². The molecule has 10 nitrogen and oxygen atoms in total. The van der Waals surface area contributed by atoms with Crippen LogP contribution in [0.4, 0.5) is 0 Å². The van der Waals surface area contributed by atoms with Crippen molar-refractivity contribution in [1.29, 1.82) is 0 Å². The van der Waals surface area contributed by atoms with Gasteiger partial charge < -0.3 is 38.4 Å². The van der Waals surface area contributed by atoms with Gasteiger partial charge in [-0.1, -0.05) is 19.9 Å². The number of ether oxygens (including phenoxy) is 6. The molecule has 3 heterocycles. The van der Waals surface area contributed by atoms with Gasteiger partial charge in [-0.05, 0) is 63.9 Å². The lowest BCUT2D eigenvalue weighted by Crippen LogP contribution is -2.74. The van der Waals surface area contributed by atoms with Crippen molar-refractivity contribution >= 4 is 11.9 Å². The number of carbonyl (C=O) groups excluding carboxylic acids is 2. The Balaban J connectivity index is 1.34. The molecule has 3 aliphatic heterocycles. The predicted molar refractivity (Wildman–Crippen MR) is 137 cm³/mol. The monoisotopic (exact) mass is 543 g/mol. The summed E-state index contributed by atoms with van der Waals surface area (Å²) < 4.78 is 35.1. The Hall–Kier alpha value is -2.66. The molecule has 6 atom stereocenters. The van der Waals surface area contributed by atoms with Crippen LogP contribution in [0.15, 0.2) is 24.0 Å². The van der Waals surface area contributed by atoms with Crippen molar-refractivity contribution in [2.45, 2.75) is 88.1 Å². The van der Waals surface area contributed by atoms with Gasteiger partial charge in [0.2, 0.25) is 0 Å². The van der Waals surface area contributed by atoms with E-state index in [-0.39, 0.29) is 25.0 Å². The second-order valence-corrected chi connectivity index (χ2v) is 12.2. The van der Waals surface area contributed by atoms with E-state index in [1.54, 1.807) is 27.0 Å². The average Bonchev–Trinajstić information content (AvgIpc) is 3.41. The van der Waals surface area contributed by atoms with E-state index in [1.807, 2.05) is 33.0 Å². The first kappa shape index (κ1) is 26.6. The number of esters is 2. The molecule has 2 fully saturated rings. The first-order valence-electron chi connectivity index (χ1n) is 13.7. The van der Waals surface area contributed by atoms with Crippen molar-refractivity contribution in [3.63, 3.8) is 0 Å². The number of likely N-dealkylation sites (tertiary alicyclic amines) is 1. The minimum atomic E-state index is -1.32. The molecule has 0 saturated carbocycles. The highest BCUT2D eigenvalue weighted by Gasteiger charge is 2.72. The summed E-state index contributed by atoms with van der Waals surface area (Å²) in [5.74, 6) is -1.05. The Bertz CT molecular complexity index is 1240. The molecule has 212 valence electrons. The van der Waals surface area contributed by atoms with Gasteiger partial charge in [0.1, 0.15) is 5.76 Å². The lowest BCUT2D eigenvalue weighted by molar-refractivity contribution is -0.178. The van der Waals surface area contributed by atoms with E-state index in [4.69, 9.17) is 28.4 Å². The third-order valence-electron chi connectivity index (χ3n) is 8.90. The Morgan fingerprint density at radius 3 is 2.59 bits per heavy atom. The molecule has 1 aromatic carbocycles. The summed E-state index contributed by atoms with van der Waals surface area (Å²) in [7, 11) is 3.62. The van der Waals surface area contributed by atoms with E-state index in [0.29, 0.717) is 30.1 Å². The van der Waals surface area contributed by atoms with Gasteiger partial charge in [0.15, 0.2) is 35.6 Å². The van der Waals surface area contributed by atoms with Crippen LogP contribution in [0.5, 0.6) is 11.5 Å². The molecule has 0 radical (unpaired) electrons. The lowest BCUT2D eigenvalue weighted by atomic mass is 9.50. The largest absolute Gasteiger partial charge is 0.493 e. The summed E-state index contributed by atoms with van der Waals surface area (Å²) in [5, 5.41) is 12.3. The molecule has 5 aliphatic rings. The van der Waals surface area contributed by atoms with E-state index < -0.39 is 47.1 Å². The third kappa shape index (κ3) is 3.75. The first-order valence-corrected chi connectivity index (χ1v) is 13.7. The number of likely N-dealkylation sites (N-methyl/N-ethyl adjacent to an activating group) is 1. The number of rotatable bonds is 6. The molecule has 0 unspecified atom stereocenters. The van der Waals surface area contributed by atoms with Crippen LogP contribution in [0.3, 0.4) is 0 Å². The zero-order valence-electron chi connectivity index (χ0n) is 23.3. The second kappa shape index (κ2) is 8.92. The summed E-state index contributed by atoms with van der Waals surface area (Å²) in [5.41, 5.74) is 0.110. The van der Waals surface area contributed by atoms with Gasteiger partial charge in [-0.2, -0.15) is 0 Å². The SMILES string of the molecule is COc1ccc2c3c1O[C@H]1C(OC(=O)[C@@H]4OC(C)(C)O[C@H]4C(=O)OCC(C)C)=CC[C@@]4(O)[C@@H](C2)N(C)CC[C@]314. The van der Waals surface area contributed by atoms with Gasteiger partial charge in [-0.15, -0.1) is 0 Å². The first-order chi connectivity index (χ1) is 18.4. The van der Waals surface area contributed by atoms with E-state index in [1.165, 1.54) is 0 Å². The molecule has 1 aromatic rings. The molecule has 1 N–H and O–H groups in total. The molecule has 1 spiro atoms. The summed E-state index contributed by atoms with van der Waals surface area (Å²) in [4.78, 5) is 28.6. The molecular weight excluding hydrogens is 506 g/mol. The van der Waals surface area contributed by atoms with Gasteiger partial charge in [-0.3, -0.25) is 0 Å². The van der Waals surface area contributed by atoms with Crippen LogP contribution < -0.4 is 9.47 Å². The number of methoxy groups -OCH3 is 1. The lowest BCUT2D eigenvalue weighted by Gasteiger charge is -2.61. The minimum Gasteiger partial charge on any atom is -0.493 e. The fourth-order valence-electron chi connectivity index (χ4n) is 7.20. The molecule has 2 bridgehead atoms. The molecule has 6 rings (SSSR count). The van der Waals surface area contributed by atoms with Crippen LogP contribution in [0, 0.1) is 5.92 Å². The number of piperidine rings is 1. The van der Waals surface area contributed by atoms with E-state index in [0.717, 1.165) is 17.7 Å². The maximum atomic E-state index is 13.6. The van der Waals surface area contributed by atoms with Crippen LogP contribution in [0.1, 0.15) is 51.7 Å². The number of hydrogen-bond donors (Lipinski definition) is 1. The quantitative estimate of drug-likeness (QED) is 0.536. The highest BCUT2D eigenvalue weighted by atomic mass is 16.8. The van der Waals surface area contributed by atoms with Gasteiger partial charge in [0, 0.05) is 18.0 Å². The van der Waals surface area contributed by atoms with E-state index in [2.05, 4.69) is 4.90 Å². The number of aliphatic hydroxyl groups is 1. The number of carbonyl (C=O) groups is 2. The number of nitrogens with zero attached hydrogens (tertiary/aromatic N) is 1. The van der Waals surface area contributed by atoms with Crippen LogP contribution in [0.2, 0.25) is 0 Å². The van der Waals surface area contributed by atoms with Crippen molar-refractivity contribution in [3.05, 3.63) is 35.1 Å². The predicted octanol–water partition coefficient (Wildman–Crippen LogP) is 2.24. The van der Waals surface area contributed by atoms with E-state index >= 15 is 0 Å². The van der Waals surface area contributed by atoms with Gasteiger partial charge in [0.25, 0.3) is 0 Å². The van der Waals surface area contributed by atoms with Gasteiger partial charge in [-0.25, -0.2) is 9.59 Å². The Labute approximate surface area is 228 Å². The number of benzene rings is 1. The molecule has 0 amide bonds. The molecule has 0 aromatic heterocycles. The molecular formula is C29H37NO9. The van der Waals surface area contributed by atoms with Crippen molar-refractivity contribution < 1.29 is 43.1 Å². The molecule has 2 aliphatic carbocycles. The van der Waals surface area contributed by atoms with Crippen molar-refractivity contribution in [3.8, 4) is 11.5 Å².